The number of benzene rings is 1. The molecule has 1 rings (SSSR count). The van der Waals surface area contributed by atoms with E-state index in [0.29, 0.717) is 12.2 Å². The third-order valence-corrected chi connectivity index (χ3v) is 2.83. The van der Waals surface area contributed by atoms with E-state index in [2.05, 4.69) is 10.6 Å². The molecule has 5 nitrogen and oxygen atoms in total. The van der Waals surface area contributed by atoms with Gasteiger partial charge in [-0.25, -0.2) is 0 Å². The number of carbonyl (C=O) groups excluding carboxylic acids is 2. The molecule has 0 aliphatic heterocycles. The highest BCUT2D eigenvalue weighted by Gasteiger charge is 2.10. The van der Waals surface area contributed by atoms with Crippen molar-refractivity contribution in [2.45, 2.75) is 19.8 Å². The Labute approximate surface area is 119 Å². The van der Waals surface area contributed by atoms with Crippen molar-refractivity contribution in [1.29, 1.82) is 0 Å². The first kappa shape index (κ1) is 16.2. The largest absolute Gasteiger partial charge is 0.466 e. The highest BCUT2D eigenvalue weighted by Crippen LogP contribution is 2.09. The van der Waals surface area contributed by atoms with Crippen molar-refractivity contribution < 1.29 is 14.3 Å². The van der Waals surface area contributed by atoms with Gasteiger partial charge < -0.3 is 15.4 Å². The Bertz CT molecular complexity index is 446. The maximum absolute atomic E-state index is 12.1. The summed E-state index contributed by atoms with van der Waals surface area (Å²) in [5.74, 6) is -0.447. The monoisotopic (exact) mass is 278 g/mol. The van der Waals surface area contributed by atoms with Gasteiger partial charge in [0, 0.05) is 12.1 Å². The van der Waals surface area contributed by atoms with E-state index in [1.165, 1.54) is 0 Å². The molecule has 0 aliphatic carbocycles. The number of likely N-dealkylation sites (N-methyl/N-ethyl adjacent to an activating group) is 1. The van der Waals surface area contributed by atoms with E-state index in [-0.39, 0.29) is 24.8 Å². The minimum absolute atomic E-state index is 0.152. The fourth-order valence-electron chi connectivity index (χ4n) is 1.83. The average Bonchev–Trinajstić information content (AvgIpc) is 2.45. The third-order valence-electron chi connectivity index (χ3n) is 2.83. The Morgan fingerprint density at radius 2 is 1.95 bits per heavy atom. The van der Waals surface area contributed by atoms with Crippen molar-refractivity contribution in [3.8, 4) is 0 Å². The van der Waals surface area contributed by atoms with Crippen molar-refractivity contribution in [3.05, 3.63) is 35.4 Å². The van der Waals surface area contributed by atoms with Gasteiger partial charge in [0.25, 0.3) is 5.91 Å². The Hall–Kier alpha value is -1.88. The minimum Gasteiger partial charge on any atom is -0.466 e. The van der Waals surface area contributed by atoms with Crippen molar-refractivity contribution in [2.75, 3.05) is 26.7 Å². The van der Waals surface area contributed by atoms with Gasteiger partial charge in [-0.15, -0.1) is 0 Å². The van der Waals surface area contributed by atoms with Crippen LogP contribution in [0.2, 0.25) is 0 Å². The summed E-state index contributed by atoms with van der Waals surface area (Å²) in [7, 11) is 1.88. The van der Waals surface area contributed by atoms with Crippen LogP contribution in [0, 0.1) is 0 Å². The molecule has 0 aromatic heterocycles. The van der Waals surface area contributed by atoms with Crippen molar-refractivity contribution in [2.24, 2.45) is 0 Å². The van der Waals surface area contributed by atoms with Crippen LogP contribution in [0.15, 0.2) is 24.3 Å². The molecule has 20 heavy (non-hydrogen) atoms. The number of rotatable bonds is 8. The van der Waals surface area contributed by atoms with Crippen LogP contribution in [0.4, 0.5) is 0 Å². The molecule has 1 aromatic carbocycles. The van der Waals surface area contributed by atoms with Crippen molar-refractivity contribution in [1.82, 2.24) is 10.6 Å². The zero-order valence-corrected chi connectivity index (χ0v) is 12.1. The molecule has 0 saturated heterocycles. The number of nitrogens with one attached hydrogen (secondary N) is 2. The molecule has 0 bridgehead atoms. The maximum atomic E-state index is 12.1. The van der Waals surface area contributed by atoms with Crippen LogP contribution < -0.4 is 10.6 Å². The van der Waals surface area contributed by atoms with Crippen LogP contribution >= 0.6 is 0 Å². The standard InChI is InChI=1S/C15H22N2O3/c1-3-20-14(18)9-11-17-15(19)13-7-5-4-6-12(13)8-10-16-2/h4-7,16H,3,8-11H2,1-2H3,(H,17,19). The van der Waals surface area contributed by atoms with Crippen LogP contribution in [0.25, 0.3) is 0 Å². The Morgan fingerprint density at radius 3 is 2.65 bits per heavy atom. The zero-order valence-electron chi connectivity index (χ0n) is 12.1. The molecule has 1 aromatic rings. The minimum atomic E-state index is -0.295. The summed E-state index contributed by atoms with van der Waals surface area (Å²) >= 11 is 0. The topological polar surface area (TPSA) is 67.4 Å². The second-order valence-corrected chi connectivity index (χ2v) is 4.32. The van der Waals surface area contributed by atoms with E-state index in [1.54, 1.807) is 13.0 Å². The number of carbonyl (C=O) groups is 2. The van der Waals surface area contributed by atoms with Gasteiger partial charge in [0.15, 0.2) is 0 Å². The third kappa shape index (κ3) is 5.40. The number of hydrogen-bond donors (Lipinski definition) is 2. The van der Waals surface area contributed by atoms with Crippen LogP contribution in [-0.2, 0) is 16.0 Å². The van der Waals surface area contributed by atoms with Gasteiger partial charge in [-0.2, -0.15) is 0 Å². The lowest BCUT2D eigenvalue weighted by atomic mass is 10.0. The van der Waals surface area contributed by atoms with Gasteiger partial charge in [0.2, 0.25) is 0 Å². The van der Waals surface area contributed by atoms with Crippen molar-refractivity contribution in [3.63, 3.8) is 0 Å². The molecule has 0 aliphatic rings. The van der Waals surface area contributed by atoms with Gasteiger partial charge in [-0.3, -0.25) is 9.59 Å². The van der Waals surface area contributed by atoms with Crippen LogP contribution in [0.5, 0.6) is 0 Å². The molecule has 0 spiro atoms. The summed E-state index contributed by atoms with van der Waals surface area (Å²) in [6.45, 7) is 3.22. The fraction of sp³-hybridized carbons (Fsp3) is 0.467. The maximum Gasteiger partial charge on any atom is 0.307 e. The number of ether oxygens (including phenoxy) is 1. The first-order valence-electron chi connectivity index (χ1n) is 6.85. The lowest BCUT2D eigenvalue weighted by molar-refractivity contribution is -0.142. The van der Waals surface area contributed by atoms with E-state index >= 15 is 0 Å². The molecule has 1 amide bonds. The van der Waals surface area contributed by atoms with Gasteiger partial charge in [0.1, 0.15) is 0 Å². The predicted molar refractivity (Wildman–Crippen MR) is 77.7 cm³/mol. The quantitative estimate of drug-likeness (QED) is 0.700. The first-order valence-corrected chi connectivity index (χ1v) is 6.85. The van der Waals surface area contributed by atoms with E-state index in [4.69, 9.17) is 4.74 Å². The highest BCUT2D eigenvalue weighted by molar-refractivity contribution is 5.95. The molecule has 0 fully saturated rings. The van der Waals surface area contributed by atoms with E-state index in [1.807, 2.05) is 25.2 Å². The SMILES string of the molecule is CCOC(=O)CCNC(=O)c1ccccc1CCNC. The number of esters is 1. The second kappa shape index (κ2) is 9.09. The number of amides is 1. The fourth-order valence-corrected chi connectivity index (χ4v) is 1.83. The predicted octanol–water partition coefficient (Wildman–Crippen LogP) is 1.13. The average molecular weight is 278 g/mol. The molecule has 0 saturated carbocycles. The molecule has 5 heteroatoms. The molecule has 110 valence electrons. The summed E-state index contributed by atoms with van der Waals surface area (Å²) < 4.78 is 4.81. The zero-order chi connectivity index (χ0) is 14.8. The molecular weight excluding hydrogens is 256 g/mol. The Morgan fingerprint density at radius 1 is 1.20 bits per heavy atom. The van der Waals surface area contributed by atoms with Crippen LogP contribution in [0.3, 0.4) is 0 Å². The molecule has 0 radical (unpaired) electrons. The summed E-state index contributed by atoms with van der Waals surface area (Å²) in [5, 5.41) is 5.81. The lowest BCUT2D eigenvalue weighted by Crippen LogP contribution is -2.27. The smallest absolute Gasteiger partial charge is 0.307 e. The van der Waals surface area contributed by atoms with E-state index in [9.17, 15) is 9.59 Å². The lowest BCUT2D eigenvalue weighted by Gasteiger charge is -2.10. The van der Waals surface area contributed by atoms with Crippen molar-refractivity contribution >= 4 is 11.9 Å². The summed E-state index contributed by atoms with van der Waals surface area (Å²) in [5.41, 5.74) is 1.65. The van der Waals surface area contributed by atoms with Gasteiger partial charge >= 0.3 is 5.97 Å². The molecule has 0 unspecified atom stereocenters. The molecular formula is C15H22N2O3. The molecule has 2 N–H and O–H groups in total. The van der Waals surface area contributed by atoms with E-state index < -0.39 is 0 Å². The van der Waals surface area contributed by atoms with E-state index in [0.717, 1.165) is 18.5 Å². The van der Waals surface area contributed by atoms with Crippen LogP contribution in [0.1, 0.15) is 29.3 Å². The normalized spacial score (nSPS) is 10.1. The summed E-state index contributed by atoms with van der Waals surface area (Å²) in [6, 6.07) is 7.49. The summed E-state index contributed by atoms with van der Waals surface area (Å²) in [6.07, 6.45) is 0.982. The Kier molecular flexibility index (Phi) is 7.35. The van der Waals surface area contributed by atoms with Gasteiger partial charge in [-0.05, 0) is 38.6 Å². The van der Waals surface area contributed by atoms with Gasteiger partial charge in [-0.1, -0.05) is 18.2 Å². The summed E-state index contributed by atoms with van der Waals surface area (Å²) in [4.78, 5) is 23.3. The molecule has 0 atom stereocenters. The molecule has 0 heterocycles. The Balaban J connectivity index is 2.52. The van der Waals surface area contributed by atoms with Gasteiger partial charge in [0.05, 0.1) is 13.0 Å². The second-order valence-electron chi connectivity index (χ2n) is 4.32. The number of hydrogen-bond acceptors (Lipinski definition) is 4. The highest BCUT2D eigenvalue weighted by atomic mass is 16.5. The first-order chi connectivity index (χ1) is 9.69. The van der Waals surface area contributed by atoms with Crippen LogP contribution in [-0.4, -0.2) is 38.6 Å².